The fourth-order valence-corrected chi connectivity index (χ4v) is 5.40. The number of hydrogen-bond donors (Lipinski definition) is 1. The number of thiocarbonyl (C=S) groups is 1. The minimum absolute atomic E-state index is 0.166. The second-order valence-electron chi connectivity index (χ2n) is 5.62. The largest absolute Gasteiger partial charge is 0.478 e. The number of hydrogen-bond acceptors (Lipinski definition) is 6. The molecule has 0 atom stereocenters. The summed E-state index contributed by atoms with van der Waals surface area (Å²) in [6, 6.07) is 14.1. The third kappa shape index (κ3) is 2.70. The summed E-state index contributed by atoms with van der Waals surface area (Å²) >= 11 is 8.23. The van der Waals surface area contributed by atoms with Crippen LogP contribution in [0.4, 0.5) is 11.4 Å². The maximum absolute atomic E-state index is 13.0. The molecule has 2 aliphatic rings. The molecule has 5 nitrogen and oxygen atoms in total. The predicted octanol–water partition coefficient (Wildman–Crippen LogP) is 4.16. The van der Waals surface area contributed by atoms with Crippen molar-refractivity contribution >= 4 is 63.3 Å². The lowest BCUT2D eigenvalue weighted by Gasteiger charge is -2.16. The number of nitrogens with zero attached hydrogens (tertiary/aromatic N) is 2. The number of amides is 1. The van der Waals surface area contributed by atoms with E-state index in [9.17, 15) is 9.59 Å². The SMILES string of the molecule is CN1C(=C2SC(=S)N(c3ccc(C(=O)O)cc3)C2=O)Sc2ccccc21. The Morgan fingerprint density at radius 2 is 1.77 bits per heavy atom. The summed E-state index contributed by atoms with van der Waals surface area (Å²) in [4.78, 5) is 29.2. The van der Waals surface area contributed by atoms with Gasteiger partial charge in [-0.1, -0.05) is 47.9 Å². The van der Waals surface area contributed by atoms with Gasteiger partial charge in [-0.2, -0.15) is 0 Å². The first-order chi connectivity index (χ1) is 12.5. The summed E-state index contributed by atoms with van der Waals surface area (Å²) in [6.45, 7) is 0. The van der Waals surface area contributed by atoms with Gasteiger partial charge in [0.05, 0.1) is 22.0 Å². The third-order valence-corrected chi connectivity index (χ3v) is 6.80. The standard InChI is InChI=1S/C18H12N2O3S3/c1-19-12-4-2-3-5-13(12)25-16(19)14-15(21)20(18(24)26-14)11-8-6-10(7-9-11)17(22)23/h2-9H,1H3,(H,22,23). The molecule has 4 rings (SSSR count). The van der Waals surface area contributed by atoms with Crippen molar-refractivity contribution in [1.82, 2.24) is 0 Å². The van der Waals surface area contributed by atoms with Crippen molar-refractivity contribution in [2.24, 2.45) is 0 Å². The van der Waals surface area contributed by atoms with Crippen molar-refractivity contribution in [3.8, 4) is 0 Å². The number of rotatable bonds is 2. The van der Waals surface area contributed by atoms with Gasteiger partial charge in [-0.25, -0.2) is 4.79 Å². The van der Waals surface area contributed by atoms with E-state index in [1.165, 1.54) is 28.8 Å². The number of anilines is 2. The van der Waals surface area contributed by atoms with E-state index in [2.05, 4.69) is 0 Å². The molecule has 130 valence electrons. The Kier molecular flexibility index (Phi) is 4.26. The number of carbonyl (C=O) groups is 2. The van der Waals surface area contributed by atoms with Crippen molar-refractivity contribution in [2.75, 3.05) is 16.8 Å². The van der Waals surface area contributed by atoms with Crippen molar-refractivity contribution in [2.45, 2.75) is 4.90 Å². The molecule has 8 heteroatoms. The highest BCUT2D eigenvalue weighted by atomic mass is 32.2. The van der Waals surface area contributed by atoms with Crippen LogP contribution in [-0.2, 0) is 4.79 Å². The van der Waals surface area contributed by atoms with Crippen LogP contribution in [0, 0.1) is 0 Å². The third-order valence-electron chi connectivity index (χ3n) is 4.07. The lowest BCUT2D eigenvalue weighted by atomic mass is 10.2. The number of thioether (sulfide) groups is 2. The molecule has 26 heavy (non-hydrogen) atoms. The van der Waals surface area contributed by atoms with Crippen LogP contribution in [0.3, 0.4) is 0 Å². The van der Waals surface area contributed by atoms with Crippen molar-refractivity contribution in [1.29, 1.82) is 0 Å². The molecule has 2 heterocycles. The predicted molar refractivity (Wildman–Crippen MR) is 109 cm³/mol. The summed E-state index contributed by atoms with van der Waals surface area (Å²) in [6.07, 6.45) is 0. The minimum Gasteiger partial charge on any atom is -0.478 e. The Bertz CT molecular complexity index is 985. The Labute approximate surface area is 163 Å². The Hall–Kier alpha value is -2.29. The lowest BCUT2D eigenvalue weighted by molar-refractivity contribution is -0.113. The van der Waals surface area contributed by atoms with E-state index in [4.69, 9.17) is 17.3 Å². The Balaban J connectivity index is 1.69. The maximum atomic E-state index is 13.0. The average molecular weight is 401 g/mol. The molecule has 0 aliphatic carbocycles. The number of benzene rings is 2. The Morgan fingerprint density at radius 3 is 2.42 bits per heavy atom. The van der Waals surface area contributed by atoms with Gasteiger partial charge in [-0.3, -0.25) is 9.69 Å². The van der Waals surface area contributed by atoms with Crippen LogP contribution in [0.25, 0.3) is 0 Å². The topological polar surface area (TPSA) is 60.9 Å². The molecular formula is C18H12N2O3S3. The molecule has 1 fully saturated rings. The van der Waals surface area contributed by atoms with Gasteiger partial charge in [0.1, 0.15) is 4.91 Å². The number of fused-ring (bicyclic) bond motifs is 1. The van der Waals surface area contributed by atoms with Crippen LogP contribution in [0.15, 0.2) is 63.4 Å². The highest BCUT2D eigenvalue weighted by Crippen LogP contribution is 2.50. The molecule has 0 unspecified atom stereocenters. The first-order valence-corrected chi connectivity index (χ1v) is 9.66. The fourth-order valence-electron chi connectivity index (χ4n) is 2.77. The zero-order chi connectivity index (χ0) is 18.4. The van der Waals surface area contributed by atoms with Gasteiger partial charge in [0.2, 0.25) is 0 Å². The van der Waals surface area contributed by atoms with E-state index in [-0.39, 0.29) is 11.5 Å². The number of carboxylic acid groups (broad SMARTS) is 1. The molecule has 1 saturated heterocycles. The second-order valence-corrected chi connectivity index (χ2v) is 8.30. The van der Waals surface area contributed by atoms with Crippen molar-refractivity contribution in [3.05, 3.63) is 64.0 Å². The van der Waals surface area contributed by atoms with Gasteiger partial charge in [0, 0.05) is 11.9 Å². The highest BCUT2D eigenvalue weighted by Gasteiger charge is 2.38. The molecule has 2 aliphatic heterocycles. The average Bonchev–Trinajstić information content (AvgIpc) is 3.12. The molecule has 1 amide bonds. The number of aromatic carboxylic acids is 1. The molecule has 0 aromatic heterocycles. The van der Waals surface area contributed by atoms with Crippen LogP contribution >= 0.6 is 35.7 Å². The van der Waals surface area contributed by atoms with E-state index in [0.29, 0.717) is 14.9 Å². The van der Waals surface area contributed by atoms with E-state index >= 15 is 0 Å². The number of carbonyl (C=O) groups excluding carboxylic acids is 1. The maximum Gasteiger partial charge on any atom is 0.335 e. The molecule has 0 radical (unpaired) electrons. The Morgan fingerprint density at radius 1 is 1.08 bits per heavy atom. The quantitative estimate of drug-likeness (QED) is 0.600. The van der Waals surface area contributed by atoms with Gasteiger partial charge in [-0.05, 0) is 36.4 Å². The summed E-state index contributed by atoms with van der Waals surface area (Å²) in [5, 5.41) is 9.87. The highest BCUT2D eigenvalue weighted by molar-refractivity contribution is 8.27. The summed E-state index contributed by atoms with van der Waals surface area (Å²) in [5.74, 6) is -1.20. The van der Waals surface area contributed by atoms with Crippen LogP contribution in [0.1, 0.15) is 10.4 Å². The number of para-hydroxylation sites is 1. The van der Waals surface area contributed by atoms with Gasteiger partial charge in [0.25, 0.3) is 5.91 Å². The molecule has 2 aromatic rings. The lowest BCUT2D eigenvalue weighted by Crippen LogP contribution is -2.28. The molecule has 2 aromatic carbocycles. The van der Waals surface area contributed by atoms with Gasteiger partial charge in [0.15, 0.2) is 4.32 Å². The van der Waals surface area contributed by atoms with Gasteiger partial charge in [-0.15, -0.1) is 0 Å². The molecule has 0 spiro atoms. The zero-order valence-corrected chi connectivity index (χ0v) is 16.0. The summed E-state index contributed by atoms with van der Waals surface area (Å²) in [7, 11) is 1.93. The van der Waals surface area contributed by atoms with Crippen LogP contribution in [-0.4, -0.2) is 28.4 Å². The van der Waals surface area contributed by atoms with E-state index < -0.39 is 5.97 Å². The van der Waals surface area contributed by atoms with E-state index in [0.717, 1.165) is 15.6 Å². The molecule has 0 saturated carbocycles. The van der Waals surface area contributed by atoms with Crippen molar-refractivity contribution < 1.29 is 14.7 Å². The van der Waals surface area contributed by atoms with Gasteiger partial charge >= 0.3 is 5.97 Å². The fraction of sp³-hybridized carbons (Fsp3) is 0.0556. The second kappa shape index (κ2) is 6.46. The van der Waals surface area contributed by atoms with Crippen LogP contribution < -0.4 is 9.80 Å². The van der Waals surface area contributed by atoms with E-state index in [1.54, 1.807) is 23.9 Å². The molecule has 0 bridgehead atoms. The smallest absolute Gasteiger partial charge is 0.335 e. The first kappa shape index (κ1) is 17.1. The molecule has 1 N–H and O–H groups in total. The first-order valence-electron chi connectivity index (χ1n) is 7.62. The van der Waals surface area contributed by atoms with Crippen molar-refractivity contribution in [3.63, 3.8) is 0 Å². The van der Waals surface area contributed by atoms with Crippen LogP contribution in [0.5, 0.6) is 0 Å². The normalized spacial score (nSPS) is 19.3. The van der Waals surface area contributed by atoms with Crippen LogP contribution in [0.2, 0.25) is 0 Å². The molecular weight excluding hydrogens is 388 g/mol. The zero-order valence-electron chi connectivity index (χ0n) is 13.5. The minimum atomic E-state index is -1.01. The van der Waals surface area contributed by atoms with Gasteiger partial charge < -0.3 is 10.0 Å². The summed E-state index contributed by atoms with van der Waals surface area (Å²) in [5.41, 5.74) is 1.79. The summed E-state index contributed by atoms with van der Waals surface area (Å²) < 4.78 is 0.436. The monoisotopic (exact) mass is 400 g/mol. The van der Waals surface area contributed by atoms with E-state index in [1.807, 2.05) is 36.2 Å². The number of carboxylic acids is 1.